The first-order chi connectivity index (χ1) is 12.5. The van der Waals surface area contributed by atoms with E-state index in [0.717, 1.165) is 0 Å². The zero-order valence-corrected chi connectivity index (χ0v) is 15.4. The Hall–Kier alpha value is -2.68. The van der Waals surface area contributed by atoms with E-state index >= 15 is 0 Å². The van der Waals surface area contributed by atoms with E-state index < -0.39 is 12.1 Å². The standard InChI is InChI=1S/C19H15Cl2NO4/c1-3-8-25-12-9-16(21)14(11-22)17(10-12)26-18(19(23)24-2)13-6-4-5-7-15(13)20/h3-7,9-10,18H,1,8H2,2H3. The largest absolute Gasteiger partial charge is 0.489 e. The summed E-state index contributed by atoms with van der Waals surface area (Å²) in [6.45, 7) is 3.81. The Morgan fingerprint density at radius 2 is 2.04 bits per heavy atom. The molecule has 0 spiro atoms. The van der Waals surface area contributed by atoms with Crippen LogP contribution < -0.4 is 9.47 Å². The van der Waals surface area contributed by atoms with Crippen LogP contribution >= 0.6 is 23.2 Å². The van der Waals surface area contributed by atoms with Gasteiger partial charge in [-0.3, -0.25) is 0 Å². The molecule has 0 fully saturated rings. The number of rotatable bonds is 7. The predicted octanol–water partition coefficient (Wildman–Crippen LogP) is 4.72. The minimum atomic E-state index is -1.17. The summed E-state index contributed by atoms with van der Waals surface area (Å²) < 4.78 is 16.0. The van der Waals surface area contributed by atoms with Crippen LogP contribution in [0, 0.1) is 11.3 Å². The monoisotopic (exact) mass is 391 g/mol. The molecule has 26 heavy (non-hydrogen) atoms. The fourth-order valence-electron chi connectivity index (χ4n) is 2.16. The minimum absolute atomic E-state index is 0.0681. The van der Waals surface area contributed by atoms with E-state index in [2.05, 4.69) is 6.58 Å². The van der Waals surface area contributed by atoms with E-state index in [0.29, 0.717) is 16.3 Å². The van der Waals surface area contributed by atoms with Gasteiger partial charge >= 0.3 is 5.97 Å². The van der Waals surface area contributed by atoms with Gasteiger partial charge in [0.1, 0.15) is 29.7 Å². The number of carbonyl (C=O) groups is 1. The van der Waals surface area contributed by atoms with Gasteiger partial charge in [-0.15, -0.1) is 0 Å². The molecule has 0 saturated carbocycles. The lowest BCUT2D eigenvalue weighted by Gasteiger charge is -2.20. The molecule has 5 nitrogen and oxygen atoms in total. The zero-order chi connectivity index (χ0) is 19.1. The van der Waals surface area contributed by atoms with E-state index in [1.165, 1.54) is 19.2 Å². The Labute approximate surface area is 161 Å². The molecule has 7 heteroatoms. The summed E-state index contributed by atoms with van der Waals surface area (Å²) in [5, 5.41) is 9.84. The van der Waals surface area contributed by atoms with E-state index in [1.807, 2.05) is 6.07 Å². The highest BCUT2D eigenvalue weighted by molar-refractivity contribution is 6.32. The molecule has 0 bridgehead atoms. The van der Waals surface area contributed by atoms with Crippen molar-refractivity contribution in [3.05, 3.63) is 70.2 Å². The van der Waals surface area contributed by atoms with E-state index in [-0.39, 0.29) is 22.9 Å². The topological polar surface area (TPSA) is 68.5 Å². The molecule has 0 aliphatic rings. The van der Waals surface area contributed by atoms with Gasteiger partial charge in [-0.1, -0.05) is 54.1 Å². The second-order valence-electron chi connectivity index (χ2n) is 5.03. The van der Waals surface area contributed by atoms with Gasteiger partial charge in [0.15, 0.2) is 0 Å². The number of nitriles is 1. The molecule has 0 aliphatic carbocycles. The Morgan fingerprint density at radius 3 is 2.65 bits per heavy atom. The second kappa shape index (κ2) is 9.14. The van der Waals surface area contributed by atoms with Crippen LogP contribution in [0.2, 0.25) is 10.0 Å². The van der Waals surface area contributed by atoms with Crippen LogP contribution in [0.3, 0.4) is 0 Å². The van der Waals surface area contributed by atoms with Crippen LogP contribution in [0.15, 0.2) is 49.1 Å². The lowest BCUT2D eigenvalue weighted by molar-refractivity contribution is -0.149. The molecule has 0 aliphatic heterocycles. The molecule has 1 atom stereocenters. The van der Waals surface area contributed by atoms with Crippen molar-refractivity contribution in [2.24, 2.45) is 0 Å². The van der Waals surface area contributed by atoms with Crippen molar-refractivity contribution < 1.29 is 19.0 Å². The summed E-state index contributed by atoms with van der Waals surface area (Å²) in [7, 11) is 1.23. The van der Waals surface area contributed by atoms with Gasteiger partial charge in [0.25, 0.3) is 0 Å². The Kier molecular flexibility index (Phi) is 6.90. The van der Waals surface area contributed by atoms with Crippen molar-refractivity contribution in [1.82, 2.24) is 0 Å². The van der Waals surface area contributed by atoms with Crippen LogP contribution in [-0.4, -0.2) is 19.7 Å². The summed E-state index contributed by atoms with van der Waals surface area (Å²) in [4.78, 5) is 12.2. The number of hydrogen-bond acceptors (Lipinski definition) is 5. The van der Waals surface area contributed by atoms with Crippen LogP contribution in [0.25, 0.3) is 0 Å². The quantitative estimate of drug-likeness (QED) is 0.504. The first-order valence-electron chi connectivity index (χ1n) is 7.48. The molecule has 0 N–H and O–H groups in total. The van der Waals surface area contributed by atoms with Gasteiger partial charge in [0, 0.05) is 22.7 Å². The molecule has 0 radical (unpaired) electrons. The van der Waals surface area contributed by atoms with E-state index in [9.17, 15) is 10.1 Å². The maximum absolute atomic E-state index is 12.2. The third-order valence-electron chi connectivity index (χ3n) is 3.35. The Bertz CT molecular complexity index is 861. The van der Waals surface area contributed by atoms with Gasteiger partial charge in [-0.25, -0.2) is 4.79 Å². The number of carbonyl (C=O) groups excluding carboxylic acids is 1. The third kappa shape index (κ3) is 4.48. The maximum Gasteiger partial charge on any atom is 0.351 e. The predicted molar refractivity (Wildman–Crippen MR) is 98.7 cm³/mol. The summed E-state index contributed by atoms with van der Waals surface area (Å²) in [5.41, 5.74) is 0.469. The molecule has 2 aromatic rings. The zero-order valence-electron chi connectivity index (χ0n) is 13.9. The molecule has 0 heterocycles. The molecule has 0 amide bonds. The number of methoxy groups -OCH3 is 1. The van der Waals surface area contributed by atoms with Crippen LogP contribution in [0.5, 0.6) is 11.5 Å². The Balaban J connectivity index is 2.49. The third-order valence-corrected chi connectivity index (χ3v) is 4.00. The number of esters is 1. The molecular weight excluding hydrogens is 377 g/mol. The fraction of sp³-hybridized carbons (Fsp3) is 0.158. The summed E-state index contributed by atoms with van der Waals surface area (Å²) >= 11 is 12.3. The molecule has 0 aromatic heterocycles. The van der Waals surface area contributed by atoms with Crippen molar-refractivity contribution in [3.8, 4) is 17.6 Å². The Morgan fingerprint density at radius 1 is 1.31 bits per heavy atom. The van der Waals surface area contributed by atoms with Gasteiger partial charge in [-0.2, -0.15) is 5.26 Å². The van der Waals surface area contributed by atoms with Crippen molar-refractivity contribution in [2.45, 2.75) is 6.10 Å². The number of ether oxygens (including phenoxy) is 3. The fourth-order valence-corrected chi connectivity index (χ4v) is 2.64. The van der Waals surface area contributed by atoms with Gasteiger partial charge in [-0.05, 0) is 6.07 Å². The highest BCUT2D eigenvalue weighted by atomic mass is 35.5. The summed E-state index contributed by atoms with van der Waals surface area (Å²) in [6, 6.07) is 11.6. The number of benzene rings is 2. The first-order valence-corrected chi connectivity index (χ1v) is 8.23. The van der Waals surface area contributed by atoms with Crippen molar-refractivity contribution >= 4 is 29.2 Å². The van der Waals surface area contributed by atoms with Crippen LogP contribution in [-0.2, 0) is 9.53 Å². The van der Waals surface area contributed by atoms with Crippen molar-refractivity contribution in [1.29, 1.82) is 5.26 Å². The molecule has 2 aromatic carbocycles. The molecular formula is C19H15Cl2NO4. The number of nitrogens with zero attached hydrogens (tertiary/aromatic N) is 1. The van der Waals surface area contributed by atoms with E-state index in [4.69, 9.17) is 37.4 Å². The maximum atomic E-state index is 12.2. The summed E-state index contributed by atoms with van der Waals surface area (Å²) in [6.07, 6.45) is 0.389. The second-order valence-corrected chi connectivity index (χ2v) is 5.85. The van der Waals surface area contributed by atoms with Crippen LogP contribution in [0.1, 0.15) is 17.2 Å². The van der Waals surface area contributed by atoms with Crippen molar-refractivity contribution in [3.63, 3.8) is 0 Å². The number of hydrogen-bond donors (Lipinski definition) is 0. The van der Waals surface area contributed by atoms with Gasteiger partial charge in [0.2, 0.25) is 6.10 Å². The summed E-state index contributed by atoms with van der Waals surface area (Å²) in [5.74, 6) is -0.225. The molecule has 1 unspecified atom stereocenters. The average molecular weight is 392 g/mol. The van der Waals surface area contributed by atoms with Gasteiger partial charge < -0.3 is 14.2 Å². The lowest BCUT2D eigenvalue weighted by atomic mass is 10.1. The first kappa shape index (κ1) is 19.6. The van der Waals surface area contributed by atoms with Crippen LogP contribution in [0.4, 0.5) is 0 Å². The minimum Gasteiger partial charge on any atom is -0.489 e. The number of halogens is 2. The smallest absolute Gasteiger partial charge is 0.351 e. The van der Waals surface area contributed by atoms with E-state index in [1.54, 1.807) is 30.3 Å². The van der Waals surface area contributed by atoms with Crippen molar-refractivity contribution in [2.75, 3.05) is 13.7 Å². The molecule has 134 valence electrons. The highest BCUT2D eigenvalue weighted by Gasteiger charge is 2.27. The average Bonchev–Trinajstić information content (AvgIpc) is 2.64. The molecule has 0 saturated heterocycles. The SMILES string of the molecule is C=CCOc1cc(Cl)c(C#N)c(OC(C(=O)OC)c2ccccc2Cl)c1. The highest BCUT2D eigenvalue weighted by Crippen LogP contribution is 2.36. The normalized spacial score (nSPS) is 11.2. The lowest BCUT2D eigenvalue weighted by Crippen LogP contribution is -2.21. The molecule has 2 rings (SSSR count). The van der Waals surface area contributed by atoms with Gasteiger partial charge in [0.05, 0.1) is 12.1 Å².